The Morgan fingerprint density at radius 1 is 1.29 bits per heavy atom. The molecule has 5 nitrogen and oxygen atoms in total. The number of amides is 1. The van der Waals surface area contributed by atoms with Crippen molar-refractivity contribution in [1.29, 1.82) is 0 Å². The van der Waals surface area contributed by atoms with E-state index in [0.717, 1.165) is 11.1 Å². The van der Waals surface area contributed by atoms with Crippen LogP contribution >= 0.6 is 0 Å². The molecule has 1 aliphatic rings. The Morgan fingerprint density at radius 3 is 2.42 bits per heavy atom. The van der Waals surface area contributed by atoms with Gasteiger partial charge >= 0.3 is 6.09 Å². The van der Waals surface area contributed by atoms with Gasteiger partial charge in [0.15, 0.2) is 0 Å². The van der Waals surface area contributed by atoms with E-state index in [9.17, 15) is 9.00 Å². The van der Waals surface area contributed by atoms with Crippen LogP contribution in [0.2, 0.25) is 0 Å². The molecule has 1 aliphatic heterocycles. The monoisotopic (exact) mass is 350 g/mol. The fraction of sp³-hybridized carbons (Fsp3) is 0.389. The molecule has 0 aliphatic carbocycles. The third-order valence-corrected chi connectivity index (χ3v) is 5.07. The van der Waals surface area contributed by atoms with Crippen LogP contribution in [0.15, 0.2) is 36.3 Å². The minimum atomic E-state index is -1.36. The van der Waals surface area contributed by atoms with Crippen LogP contribution in [-0.2, 0) is 11.0 Å². The largest absolute Gasteiger partial charge is 0.465 e. The first kappa shape index (κ1) is 20.1. The van der Waals surface area contributed by atoms with Crippen molar-refractivity contribution >= 4 is 29.2 Å². The number of benzene rings is 1. The second-order valence-electron chi connectivity index (χ2n) is 5.10. The minimum absolute atomic E-state index is 0.0430. The number of rotatable bonds is 5. The zero-order valence-electron chi connectivity index (χ0n) is 14.3. The van der Waals surface area contributed by atoms with Gasteiger partial charge in [0.25, 0.3) is 0 Å². The van der Waals surface area contributed by atoms with Crippen LogP contribution in [0.1, 0.15) is 37.8 Å². The van der Waals surface area contributed by atoms with Crippen LogP contribution < -0.4 is 4.72 Å². The topological polar surface area (TPSA) is 69.6 Å². The van der Waals surface area contributed by atoms with Gasteiger partial charge in [-0.25, -0.2) is 13.7 Å². The summed E-state index contributed by atoms with van der Waals surface area (Å²) in [5.41, 5.74) is 1.70. The van der Waals surface area contributed by atoms with Gasteiger partial charge in [0.1, 0.15) is 11.0 Å². The lowest BCUT2D eigenvalue weighted by Crippen LogP contribution is -2.44. The van der Waals surface area contributed by atoms with Gasteiger partial charge < -0.3 is 10.0 Å². The molecule has 6 heteroatoms. The first-order valence-electron chi connectivity index (χ1n) is 8.10. The van der Waals surface area contributed by atoms with E-state index in [4.69, 9.17) is 5.11 Å². The van der Waals surface area contributed by atoms with Gasteiger partial charge in [-0.1, -0.05) is 51.3 Å². The van der Waals surface area contributed by atoms with Crippen molar-refractivity contribution in [1.82, 2.24) is 9.62 Å². The van der Waals surface area contributed by atoms with Crippen LogP contribution in [0, 0.1) is 0 Å². The molecule has 0 spiro atoms. The van der Waals surface area contributed by atoms with Gasteiger partial charge in [0.2, 0.25) is 0 Å². The van der Waals surface area contributed by atoms with Crippen molar-refractivity contribution in [2.45, 2.75) is 37.6 Å². The number of hydrogen-bond donors (Lipinski definition) is 2. The Kier molecular flexibility index (Phi) is 8.43. The van der Waals surface area contributed by atoms with Crippen LogP contribution in [0.25, 0.3) is 12.2 Å². The van der Waals surface area contributed by atoms with E-state index in [1.807, 2.05) is 26.0 Å². The van der Waals surface area contributed by atoms with Crippen molar-refractivity contribution < 1.29 is 14.1 Å². The molecule has 1 heterocycles. The lowest BCUT2D eigenvalue weighted by atomic mass is 10.1. The molecule has 1 amide bonds. The van der Waals surface area contributed by atoms with E-state index in [1.54, 1.807) is 18.2 Å². The SMILES string of the molecule is C=Cc1cccc(S(=O)NC2CCN(C(=O)O)CC2)c1C=C.CC. The maximum Gasteiger partial charge on any atom is 0.407 e. The number of nitrogens with zero attached hydrogens (tertiary/aromatic N) is 1. The second kappa shape index (κ2) is 10.1. The lowest BCUT2D eigenvalue weighted by molar-refractivity contribution is 0.131. The lowest BCUT2D eigenvalue weighted by Gasteiger charge is -2.30. The molecule has 132 valence electrons. The van der Waals surface area contributed by atoms with Gasteiger partial charge in [0, 0.05) is 19.1 Å². The standard InChI is InChI=1S/C16H20N2O3S.C2H6/c1-3-12-6-5-7-15(14(12)4-2)22(21)17-13-8-10-18(11-9-13)16(19)20;1-2/h3-7,13,17H,1-2,8-11H2,(H,19,20);1-2H3. The van der Waals surface area contributed by atoms with Gasteiger partial charge in [0.05, 0.1) is 4.90 Å². The summed E-state index contributed by atoms with van der Waals surface area (Å²) >= 11 is 0. The van der Waals surface area contributed by atoms with Crippen molar-refractivity contribution in [3.05, 3.63) is 42.5 Å². The highest BCUT2D eigenvalue weighted by Gasteiger charge is 2.24. The van der Waals surface area contributed by atoms with E-state index in [2.05, 4.69) is 17.9 Å². The number of nitrogens with one attached hydrogen (secondary N) is 1. The predicted molar refractivity (Wildman–Crippen MR) is 100 cm³/mol. The van der Waals surface area contributed by atoms with Crippen LogP contribution in [0.4, 0.5) is 4.79 Å². The Labute approximate surface area is 146 Å². The summed E-state index contributed by atoms with van der Waals surface area (Å²) in [6, 6.07) is 5.59. The Bertz CT molecular complexity index is 608. The van der Waals surface area contributed by atoms with E-state index in [0.29, 0.717) is 30.8 Å². The van der Waals surface area contributed by atoms with E-state index in [-0.39, 0.29) is 6.04 Å². The second-order valence-corrected chi connectivity index (χ2v) is 6.31. The molecular weight excluding hydrogens is 324 g/mol. The molecule has 24 heavy (non-hydrogen) atoms. The summed E-state index contributed by atoms with van der Waals surface area (Å²) in [4.78, 5) is 12.9. The highest BCUT2D eigenvalue weighted by Crippen LogP contribution is 2.21. The maximum absolute atomic E-state index is 12.6. The van der Waals surface area contributed by atoms with E-state index in [1.165, 1.54) is 4.90 Å². The molecule has 1 atom stereocenters. The summed E-state index contributed by atoms with van der Waals surface area (Å²) in [6.07, 6.45) is 3.81. The number of piperidine rings is 1. The average Bonchev–Trinajstić information content (AvgIpc) is 2.62. The predicted octanol–water partition coefficient (Wildman–Crippen LogP) is 3.75. The van der Waals surface area contributed by atoms with Crippen molar-refractivity contribution in [2.24, 2.45) is 0 Å². The Morgan fingerprint density at radius 2 is 1.92 bits per heavy atom. The van der Waals surface area contributed by atoms with E-state index < -0.39 is 17.1 Å². The quantitative estimate of drug-likeness (QED) is 0.849. The first-order valence-corrected chi connectivity index (χ1v) is 9.25. The fourth-order valence-electron chi connectivity index (χ4n) is 2.52. The third kappa shape index (κ3) is 5.04. The highest BCUT2D eigenvalue weighted by molar-refractivity contribution is 7.83. The van der Waals surface area contributed by atoms with Crippen molar-refractivity contribution in [3.8, 4) is 0 Å². The normalized spacial score (nSPS) is 15.8. The Hall–Kier alpha value is -1.92. The fourth-order valence-corrected chi connectivity index (χ4v) is 3.79. The number of likely N-dealkylation sites (tertiary alicyclic amines) is 1. The van der Waals surface area contributed by atoms with Gasteiger partial charge in [-0.2, -0.15) is 0 Å². The molecule has 2 rings (SSSR count). The molecule has 0 bridgehead atoms. The molecule has 0 aromatic heterocycles. The molecule has 0 radical (unpaired) electrons. The number of carbonyl (C=O) groups is 1. The summed E-state index contributed by atoms with van der Waals surface area (Å²) in [5.74, 6) is 0. The minimum Gasteiger partial charge on any atom is -0.465 e. The number of hydrogen-bond acceptors (Lipinski definition) is 2. The zero-order chi connectivity index (χ0) is 18.1. The average molecular weight is 350 g/mol. The summed E-state index contributed by atoms with van der Waals surface area (Å²) in [5, 5.41) is 8.94. The molecule has 1 aromatic carbocycles. The molecular formula is C18H26N2O3S. The Balaban J connectivity index is 0.00000139. The highest BCUT2D eigenvalue weighted by atomic mass is 32.2. The first-order chi connectivity index (χ1) is 11.6. The molecule has 1 unspecified atom stereocenters. The van der Waals surface area contributed by atoms with Crippen molar-refractivity contribution in [3.63, 3.8) is 0 Å². The third-order valence-electron chi connectivity index (χ3n) is 3.76. The number of carboxylic acid groups (broad SMARTS) is 1. The molecule has 2 N–H and O–H groups in total. The van der Waals surface area contributed by atoms with Gasteiger partial charge in [-0.3, -0.25) is 0 Å². The molecule has 1 fully saturated rings. The van der Waals surface area contributed by atoms with E-state index >= 15 is 0 Å². The van der Waals surface area contributed by atoms with Crippen LogP contribution in [0.5, 0.6) is 0 Å². The van der Waals surface area contributed by atoms with Gasteiger partial charge in [-0.15, -0.1) is 0 Å². The summed E-state index contributed by atoms with van der Waals surface area (Å²) in [6.45, 7) is 12.5. The van der Waals surface area contributed by atoms with Gasteiger partial charge in [-0.05, 0) is 30.0 Å². The smallest absolute Gasteiger partial charge is 0.407 e. The molecule has 1 saturated heterocycles. The molecule has 1 aromatic rings. The zero-order valence-corrected chi connectivity index (χ0v) is 15.1. The van der Waals surface area contributed by atoms with Crippen LogP contribution in [0.3, 0.4) is 0 Å². The summed E-state index contributed by atoms with van der Waals surface area (Å²) in [7, 11) is -1.36. The van der Waals surface area contributed by atoms with Crippen molar-refractivity contribution in [2.75, 3.05) is 13.1 Å². The van der Waals surface area contributed by atoms with Crippen LogP contribution in [-0.4, -0.2) is 39.4 Å². The summed E-state index contributed by atoms with van der Waals surface area (Å²) < 4.78 is 15.7. The maximum atomic E-state index is 12.6. The molecule has 0 saturated carbocycles.